The third-order valence-electron chi connectivity index (χ3n) is 6.18. The van der Waals surface area contributed by atoms with Crippen molar-refractivity contribution in [3.63, 3.8) is 0 Å². The van der Waals surface area contributed by atoms with Crippen LogP contribution < -0.4 is 4.74 Å². The van der Waals surface area contributed by atoms with Crippen LogP contribution in [0.1, 0.15) is 0 Å². The van der Waals surface area contributed by atoms with Crippen molar-refractivity contribution in [2.45, 2.75) is 0 Å². The SMILES string of the molecule is Oc1ccc2c(Oc3cccc4c(-c5cccc6cc(O)ccc56)c(O)ccc34)cccc2c1. The van der Waals surface area contributed by atoms with Crippen LogP contribution in [0.15, 0.2) is 103 Å². The Labute approximate surface area is 195 Å². The maximum absolute atomic E-state index is 10.9. The first-order chi connectivity index (χ1) is 16.6. The summed E-state index contributed by atoms with van der Waals surface area (Å²) in [6, 6.07) is 31.3. The third-order valence-corrected chi connectivity index (χ3v) is 6.18. The molecule has 4 heteroatoms. The Balaban J connectivity index is 1.55. The number of benzene rings is 6. The number of rotatable bonds is 3. The molecular formula is C30H20O4. The van der Waals surface area contributed by atoms with E-state index in [1.54, 1.807) is 30.3 Å². The van der Waals surface area contributed by atoms with E-state index >= 15 is 0 Å². The van der Waals surface area contributed by atoms with E-state index in [0.29, 0.717) is 17.1 Å². The van der Waals surface area contributed by atoms with Gasteiger partial charge in [0.25, 0.3) is 0 Å². The molecule has 6 rings (SSSR count). The summed E-state index contributed by atoms with van der Waals surface area (Å²) in [5.41, 5.74) is 1.58. The molecule has 34 heavy (non-hydrogen) atoms. The average Bonchev–Trinajstić information content (AvgIpc) is 2.83. The van der Waals surface area contributed by atoms with Crippen LogP contribution >= 0.6 is 0 Å². The van der Waals surface area contributed by atoms with E-state index in [2.05, 4.69) is 0 Å². The summed E-state index contributed by atoms with van der Waals surface area (Å²) < 4.78 is 6.38. The van der Waals surface area contributed by atoms with Crippen LogP contribution in [0.4, 0.5) is 0 Å². The van der Waals surface area contributed by atoms with Gasteiger partial charge in [0.05, 0.1) is 0 Å². The number of phenolic OH excluding ortho intramolecular Hbond substituents is 3. The molecule has 0 aromatic heterocycles. The second-order valence-corrected chi connectivity index (χ2v) is 8.29. The van der Waals surface area contributed by atoms with Crippen LogP contribution in [0.2, 0.25) is 0 Å². The van der Waals surface area contributed by atoms with Crippen LogP contribution in [0, 0.1) is 0 Å². The fourth-order valence-corrected chi connectivity index (χ4v) is 4.63. The van der Waals surface area contributed by atoms with Crippen molar-refractivity contribution in [1.82, 2.24) is 0 Å². The quantitative estimate of drug-likeness (QED) is 0.261. The second-order valence-electron chi connectivity index (χ2n) is 8.29. The Kier molecular flexibility index (Phi) is 4.52. The summed E-state index contributed by atoms with van der Waals surface area (Å²) in [5.74, 6) is 1.92. The highest BCUT2D eigenvalue weighted by atomic mass is 16.5. The summed E-state index contributed by atoms with van der Waals surface area (Å²) in [6.45, 7) is 0. The van der Waals surface area contributed by atoms with Crippen molar-refractivity contribution in [1.29, 1.82) is 0 Å². The standard InChI is InChI=1S/C30H20O4/c31-20-10-12-22-18(16-20)4-1-6-25(22)30-26-7-3-9-29(24(26)14-15-27(30)33)34-28-8-2-5-19-17-21(32)11-13-23(19)28/h1-17,31-33H. The van der Waals surface area contributed by atoms with Gasteiger partial charge in [0.2, 0.25) is 0 Å². The predicted molar refractivity (Wildman–Crippen MR) is 136 cm³/mol. The smallest absolute Gasteiger partial charge is 0.135 e. The molecule has 6 aromatic carbocycles. The van der Waals surface area contributed by atoms with Gasteiger partial charge in [-0.1, -0.05) is 48.5 Å². The lowest BCUT2D eigenvalue weighted by Crippen LogP contribution is -1.90. The normalized spacial score (nSPS) is 11.3. The van der Waals surface area contributed by atoms with Gasteiger partial charge in [0.1, 0.15) is 28.7 Å². The zero-order valence-corrected chi connectivity index (χ0v) is 18.1. The van der Waals surface area contributed by atoms with Gasteiger partial charge >= 0.3 is 0 Å². The van der Waals surface area contributed by atoms with Crippen LogP contribution in [0.3, 0.4) is 0 Å². The molecule has 0 amide bonds. The maximum Gasteiger partial charge on any atom is 0.135 e. The molecule has 4 nitrogen and oxygen atoms in total. The van der Waals surface area contributed by atoms with Gasteiger partial charge < -0.3 is 20.1 Å². The number of hydrogen-bond acceptors (Lipinski definition) is 4. The molecule has 0 unspecified atom stereocenters. The van der Waals surface area contributed by atoms with Crippen molar-refractivity contribution in [3.8, 4) is 39.9 Å². The summed E-state index contributed by atoms with van der Waals surface area (Å²) >= 11 is 0. The molecule has 164 valence electrons. The maximum atomic E-state index is 10.9. The molecule has 0 saturated heterocycles. The molecule has 0 spiro atoms. The Morgan fingerprint density at radius 1 is 0.471 bits per heavy atom. The van der Waals surface area contributed by atoms with Gasteiger partial charge in [-0.15, -0.1) is 0 Å². The Morgan fingerprint density at radius 2 is 1.06 bits per heavy atom. The highest BCUT2D eigenvalue weighted by molar-refractivity contribution is 6.09. The van der Waals surface area contributed by atoms with Crippen LogP contribution in [0.25, 0.3) is 43.4 Å². The average molecular weight is 444 g/mol. The first kappa shape index (κ1) is 19.9. The summed E-state index contributed by atoms with van der Waals surface area (Å²) in [7, 11) is 0. The summed E-state index contributed by atoms with van der Waals surface area (Å²) in [4.78, 5) is 0. The zero-order valence-electron chi connectivity index (χ0n) is 18.1. The first-order valence-electron chi connectivity index (χ1n) is 10.9. The fraction of sp³-hybridized carbons (Fsp3) is 0. The Morgan fingerprint density at radius 3 is 1.82 bits per heavy atom. The molecule has 0 aliphatic carbocycles. The Hall–Kier alpha value is -4.70. The molecule has 0 radical (unpaired) electrons. The van der Waals surface area contributed by atoms with Gasteiger partial charge in [0, 0.05) is 16.3 Å². The molecular weight excluding hydrogens is 424 g/mol. The number of ether oxygens (including phenoxy) is 1. The van der Waals surface area contributed by atoms with Crippen molar-refractivity contribution in [2.75, 3.05) is 0 Å². The molecule has 0 atom stereocenters. The van der Waals surface area contributed by atoms with E-state index in [1.807, 2.05) is 72.8 Å². The van der Waals surface area contributed by atoms with Gasteiger partial charge in [-0.25, -0.2) is 0 Å². The summed E-state index contributed by atoms with van der Waals surface area (Å²) in [6.07, 6.45) is 0. The van der Waals surface area contributed by atoms with Gasteiger partial charge in [-0.05, 0) is 81.7 Å². The lowest BCUT2D eigenvalue weighted by atomic mass is 9.93. The van der Waals surface area contributed by atoms with Crippen molar-refractivity contribution >= 4 is 32.3 Å². The highest BCUT2D eigenvalue weighted by Crippen LogP contribution is 2.43. The van der Waals surface area contributed by atoms with Crippen molar-refractivity contribution in [2.24, 2.45) is 0 Å². The topological polar surface area (TPSA) is 69.9 Å². The Bertz CT molecular complexity index is 1720. The number of aromatic hydroxyl groups is 3. The molecule has 0 aliphatic heterocycles. The minimum absolute atomic E-state index is 0.172. The van der Waals surface area contributed by atoms with E-state index in [-0.39, 0.29) is 17.2 Å². The largest absolute Gasteiger partial charge is 0.508 e. The lowest BCUT2D eigenvalue weighted by Gasteiger charge is -2.16. The van der Waals surface area contributed by atoms with Crippen LogP contribution in [-0.4, -0.2) is 15.3 Å². The minimum atomic E-state index is 0.172. The highest BCUT2D eigenvalue weighted by Gasteiger charge is 2.16. The first-order valence-corrected chi connectivity index (χ1v) is 10.9. The molecule has 6 aromatic rings. The molecule has 0 aliphatic rings. The van der Waals surface area contributed by atoms with E-state index in [9.17, 15) is 15.3 Å². The van der Waals surface area contributed by atoms with Crippen LogP contribution in [0.5, 0.6) is 28.7 Å². The molecule has 0 bridgehead atoms. The molecule has 3 N–H and O–H groups in total. The summed E-state index contributed by atoms with van der Waals surface area (Å²) in [5, 5.41) is 36.0. The fourth-order valence-electron chi connectivity index (χ4n) is 4.63. The van der Waals surface area contributed by atoms with E-state index < -0.39 is 0 Å². The molecule has 0 saturated carbocycles. The minimum Gasteiger partial charge on any atom is -0.508 e. The molecule has 0 fully saturated rings. The van der Waals surface area contributed by atoms with Crippen molar-refractivity contribution < 1.29 is 20.1 Å². The van der Waals surface area contributed by atoms with Gasteiger partial charge in [-0.2, -0.15) is 0 Å². The van der Waals surface area contributed by atoms with Crippen molar-refractivity contribution in [3.05, 3.63) is 103 Å². The third kappa shape index (κ3) is 3.24. The lowest BCUT2D eigenvalue weighted by molar-refractivity contribution is 0.475. The monoisotopic (exact) mass is 444 g/mol. The number of fused-ring (bicyclic) bond motifs is 3. The molecule has 0 heterocycles. The van der Waals surface area contributed by atoms with E-state index in [1.165, 1.54) is 0 Å². The second kappa shape index (κ2) is 7.71. The number of hydrogen-bond donors (Lipinski definition) is 3. The zero-order chi connectivity index (χ0) is 23.2. The predicted octanol–water partition coefficient (Wildman–Crippen LogP) is 7.72. The van der Waals surface area contributed by atoms with Crippen LogP contribution in [-0.2, 0) is 0 Å². The van der Waals surface area contributed by atoms with E-state index in [4.69, 9.17) is 4.74 Å². The van der Waals surface area contributed by atoms with E-state index in [0.717, 1.165) is 37.9 Å². The van der Waals surface area contributed by atoms with Gasteiger partial charge in [0.15, 0.2) is 0 Å². The van der Waals surface area contributed by atoms with Gasteiger partial charge in [-0.3, -0.25) is 0 Å². The number of phenols is 3.